The lowest BCUT2D eigenvalue weighted by molar-refractivity contribution is 0.322. The summed E-state index contributed by atoms with van der Waals surface area (Å²) >= 11 is 0. The van der Waals surface area contributed by atoms with Crippen LogP contribution in [-0.4, -0.2) is 44.7 Å². The molecule has 0 spiro atoms. The van der Waals surface area contributed by atoms with Gasteiger partial charge in [-0.05, 0) is 44.9 Å². The summed E-state index contributed by atoms with van der Waals surface area (Å²) in [6.07, 6.45) is 3.94. The maximum Gasteiger partial charge on any atom is 0.244 e. The van der Waals surface area contributed by atoms with Gasteiger partial charge in [-0.1, -0.05) is 0 Å². The van der Waals surface area contributed by atoms with Gasteiger partial charge in [0.2, 0.25) is 10.0 Å². The minimum Gasteiger partial charge on any atom is -0.494 e. The first-order chi connectivity index (χ1) is 13.5. The predicted molar refractivity (Wildman–Crippen MR) is 106 cm³/mol. The van der Waals surface area contributed by atoms with Gasteiger partial charge in [-0.2, -0.15) is 0 Å². The zero-order chi connectivity index (χ0) is 20.0. The molecule has 8 nitrogen and oxygen atoms in total. The lowest BCUT2D eigenvalue weighted by atomic mass is 10.3. The standard InChI is InChI=1S/C19H26N4O4S/c1-3-26-15-7-8-16(27-4-2)17(13-15)28(24,25)21-14-18-20-10-9-19(22-18)23-11-5-6-12-23/h7-10,13,21H,3-6,11-12,14H2,1-2H3. The van der Waals surface area contributed by atoms with Crippen molar-refractivity contribution in [2.45, 2.75) is 38.1 Å². The van der Waals surface area contributed by atoms with Crippen LogP contribution in [-0.2, 0) is 16.6 Å². The molecule has 1 aliphatic heterocycles. The van der Waals surface area contributed by atoms with Gasteiger partial charge in [-0.15, -0.1) is 0 Å². The Morgan fingerprint density at radius 2 is 1.86 bits per heavy atom. The molecule has 0 saturated carbocycles. The fourth-order valence-electron chi connectivity index (χ4n) is 3.06. The van der Waals surface area contributed by atoms with Crippen LogP contribution in [0.4, 0.5) is 5.82 Å². The lowest BCUT2D eigenvalue weighted by Gasteiger charge is -2.17. The molecule has 1 N–H and O–H groups in total. The summed E-state index contributed by atoms with van der Waals surface area (Å²) in [6.45, 7) is 6.36. The van der Waals surface area contributed by atoms with Gasteiger partial charge in [0.25, 0.3) is 0 Å². The van der Waals surface area contributed by atoms with Gasteiger partial charge in [0.05, 0.1) is 19.8 Å². The number of aromatic nitrogens is 2. The summed E-state index contributed by atoms with van der Waals surface area (Å²) in [5.74, 6) is 2.01. The molecule has 2 heterocycles. The summed E-state index contributed by atoms with van der Waals surface area (Å²) in [6, 6.07) is 6.62. The van der Waals surface area contributed by atoms with Crippen molar-refractivity contribution >= 4 is 15.8 Å². The van der Waals surface area contributed by atoms with E-state index < -0.39 is 10.0 Å². The van der Waals surface area contributed by atoms with Crippen LogP contribution in [0.5, 0.6) is 11.5 Å². The topological polar surface area (TPSA) is 93.6 Å². The third-order valence-corrected chi connectivity index (χ3v) is 5.78. The molecule has 9 heteroatoms. The monoisotopic (exact) mass is 406 g/mol. The van der Waals surface area contributed by atoms with E-state index in [1.54, 1.807) is 25.3 Å². The summed E-state index contributed by atoms with van der Waals surface area (Å²) in [5, 5.41) is 0. The SMILES string of the molecule is CCOc1ccc(OCC)c(S(=O)(=O)NCc2nccc(N3CCCC3)n2)c1. The number of nitrogens with zero attached hydrogens (tertiary/aromatic N) is 3. The van der Waals surface area contributed by atoms with E-state index in [4.69, 9.17) is 9.47 Å². The van der Waals surface area contributed by atoms with Crippen LogP contribution in [0.15, 0.2) is 35.4 Å². The van der Waals surface area contributed by atoms with Gasteiger partial charge in [-0.25, -0.2) is 23.1 Å². The Hall–Kier alpha value is -2.39. The first-order valence-corrected chi connectivity index (χ1v) is 11.0. The molecule has 0 unspecified atom stereocenters. The molecule has 28 heavy (non-hydrogen) atoms. The van der Waals surface area contributed by atoms with Crippen molar-refractivity contribution < 1.29 is 17.9 Å². The fraction of sp³-hybridized carbons (Fsp3) is 0.474. The van der Waals surface area contributed by atoms with Crippen LogP contribution in [0.25, 0.3) is 0 Å². The number of anilines is 1. The number of rotatable bonds is 9. The first kappa shape index (κ1) is 20.3. The van der Waals surface area contributed by atoms with E-state index in [2.05, 4.69) is 19.6 Å². The second-order valence-corrected chi connectivity index (χ2v) is 8.06. The van der Waals surface area contributed by atoms with Gasteiger partial charge < -0.3 is 14.4 Å². The molecule has 0 bridgehead atoms. The van der Waals surface area contributed by atoms with E-state index >= 15 is 0 Å². The molecule has 1 saturated heterocycles. The van der Waals surface area contributed by atoms with Gasteiger partial charge in [0.15, 0.2) is 0 Å². The molecule has 152 valence electrons. The highest BCUT2D eigenvalue weighted by Gasteiger charge is 2.22. The largest absolute Gasteiger partial charge is 0.494 e. The summed E-state index contributed by atoms with van der Waals surface area (Å²) in [4.78, 5) is 10.9. The summed E-state index contributed by atoms with van der Waals surface area (Å²) in [7, 11) is -3.83. The van der Waals surface area contributed by atoms with Crippen molar-refractivity contribution in [3.05, 3.63) is 36.3 Å². The van der Waals surface area contributed by atoms with Crippen LogP contribution >= 0.6 is 0 Å². The second kappa shape index (κ2) is 9.20. The van der Waals surface area contributed by atoms with E-state index in [9.17, 15) is 8.42 Å². The Kier molecular flexibility index (Phi) is 6.69. The molecular formula is C19H26N4O4S. The van der Waals surface area contributed by atoms with E-state index in [0.717, 1.165) is 31.7 Å². The van der Waals surface area contributed by atoms with Gasteiger partial charge in [0.1, 0.15) is 28.0 Å². The van der Waals surface area contributed by atoms with E-state index in [1.165, 1.54) is 6.07 Å². The number of ether oxygens (including phenoxy) is 2. The lowest BCUT2D eigenvalue weighted by Crippen LogP contribution is -2.26. The molecule has 1 aromatic carbocycles. The Balaban J connectivity index is 1.78. The number of hydrogen-bond donors (Lipinski definition) is 1. The molecule has 1 aliphatic rings. The van der Waals surface area contributed by atoms with Crippen LogP contribution in [0.1, 0.15) is 32.5 Å². The van der Waals surface area contributed by atoms with Crippen molar-refractivity contribution in [1.82, 2.24) is 14.7 Å². The van der Waals surface area contributed by atoms with E-state index in [1.807, 2.05) is 13.0 Å². The maximum absolute atomic E-state index is 12.9. The average molecular weight is 407 g/mol. The Bertz CT molecular complexity index is 899. The highest BCUT2D eigenvalue weighted by atomic mass is 32.2. The number of benzene rings is 1. The highest BCUT2D eigenvalue weighted by Crippen LogP contribution is 2.28. The fourth-order valence-corrected chi connectivity index (χ4v) is 4.20. The predicted octanol–water partition coefficient (Wildman–Crippen LogP) is 2.35. The Labute approximate surface area is 166 Å². The third kappa shape index (κ3) is 4.90. The average Bonchev–Trinajstić information content (AvgIpc) is 3.23. The van der Waals surface area contributed by atoms with Crippen LogP contribution in [0.2, 0.25) is 0 Å². The molecule has 1 fully saturated rings. The van der Waals surface area contributed by atoms with E-state index in [0.29, 0.717) is 24.8 Å². The van der Waals surface area contributed by atoms with Crippen molar-refractivity contribution in [2.24, 2.45) is 0 Å². The zero-order valence-electron chi connectivity index (χ0n) is 16.2. The van der Waals surface area contributed by atoms with Crippen LogP contribution < -0.4 is 19.1 Å². The maximum atomic E-state index is 12.9. The summed E-state index contributed by atoms with van der Waals surface area (Å²) in [5.41, 5.74) is 0. The Morgan fingerprint density at radius 3 is 2.57 bits per heavy atom. The molecule has 0 amide bonds. The van der Waals surface area contributed by atoms with Crippen molar-refractivity contribution in [2.75, 3.05) is 31.2 Å². The molecule has 2 aromatic rings. The zero-order valence-corrected chi connectivity index (χ0v) is 17.0. The second-order valence-electron chi connectivity index (χ2n) is 6.32. The van der Waals surface area contributed by atoms with Gasteiger partial charge in [-0.3, -0.25) is 0 Å². The van der Waals surface area contributed by atoms with Gasteiger partial charge in [0, 0.05) is 25.4 Å². The van der Waals surface area contributed by atoms with Crippen LogP contribution in [0, 0.1) is 0 Å². The molecule has 3 rings (SSSR count). The molecule has 1 aromatic heterocycles. The number of hydrogen-bond acceptors (Lipinski definition) is 7. The highest BCUT2D eigenvalue weighted by molar-refractivity contribution is 7.89. The Morgan fingerprint density at radius 1 is 1.11 bits per heavy atom. The number of sulfonamides is 1. The molecule has 0 aliphatic carbocycles. The normalized spacial score (nSPS) is 14.3. The third-order valence-electron chi connectivity index (χ3n) is 4.36. The molecule has 0 radical (unpaired) electrons. The number of nitrogens with one attached hydrogen (secondary N) is 1. The van der Waals surface area contributed by atoms with Crippen LogP contribution in [0.3, 0.4) is 0 Å². The first-order valence-electron chi connectivity index (χ1n) is 9.49. The van der Waals surface area contributed by atoms with Gasteiger partial charge >= 0.3 is 0 Å². The minimum atomic E-state index is -3.83. The smallest absolute Gasteiger partial charge is 0.244 e. The summed E-state index contributed by atoms with van der Waals surface area (Å²) < 4.78 is 39.3. The molecular weight excluding hydrogens is 380 g/mol. The quantitative estimate of drug-likeness (QED) is 0.683. The van der Waals surface area contributed by atoms with Crippen molar-refractivity contribution in [3.63, 3.8) is 0 Å². The van der Waals surface area contributed by atoms with Crippen molar-refractivity contribution in [1.29, 1.82) is 0 Å². The van der Waals surface area contributed by atoms with Crippen molar-refractivity contribution in [3.8, 4) is 11.5 Å². The van der Waals surface area contributed by atoms with E-state index in [-0.39, 0.29) is 17.2 Å². The minimum absolute atomic E-state index is 0.00552. The molecule has 0 atom stereocenters.